The van der Waals surface area contributed by atoms with Gasteiger partial charge in [-0.3, -0.25) is 4.79 Å². The van der Waals surface area contributed by atoms with Crippen molar-refractivity contribution in [3.05, 3.63) is 47.5 Å². The van der Waals surface area contributed by atoms with Gasteiger partial charge in [-0.05, 0) is 36.6 Å². The van der Waals surface area contributed by atoms with Gasteiger partial charge in [0, 0.05) is 36.9 Å². The van der Waals surface area contributed by atoms with Crippen LogP contribution in [0.3, 0.4) is 0 Å². The summed E-state index contributed by atoms with van der Waals surface area (Å²) in [6, 6.07) is 5.82. The Bertz CT molecular complexity index is 717. The van der Waals surface area contributed by atoms with Gasteiger partial charge in [-0.2, -0.15) is 0 Å². The number of imidazole rings is 1. The molecule has 120 valence electrons. The van der Waals surface area contributed by atoms with E-state index in [9.17, 15) is 4.79 Å². The average Bonchev–Trinajstić information content (AvgIpc) is 3.23. The van der Waals surface area contributed by atoms with Gasteiger partial charge < -0.3 is 14.2 Å². The molecule has 1 amide bonds. The van der Waals surface area contributed by atoms with Crippen LogP contribution in [0.2, 0.25) is 5.02 Å². The van der Waals surface area contributed by atoms with Crippen molar-refractivity contribution in [2.75, 3.05) is 13.1 Å². The SMILES string of the molecule is O=C([C@H]1Cc2cc(Cl)ccc2O1)N1CCC[C@H](n2ccnc2)C1. The highest BCUT2D eigenvalue weighted by Crippen LogP contribution is 2.32. The second kappa shape index (κ2) is 5.89. The van der Waals surface area contributed by atoms with Crippen LogP contribution in [0, 0.1) is 0 Å². The Kier molecular flexibility index (Phi) is 3.73. The van der Waals surface area contributed by atoms with Crippen LogP contribution in [0.5, 0.6) is 5.75 Å². The number of rotatable bonds is 2. The topological polar surface area (TPSA) is 47.4 Å². The monoisotopic (exact) mass is 331 g/mol. The van der Waals surface area contributed by atoms with Gasteiger partial charge in [-0.1, -0.05) is 11.6 Å². The number of halogens is 1. The molecule has 0 bridgehead atoms. The molecule has 2 aliphatic rings. The van der Waals surface area contributed by atoms with Crippen LogP contribution in [0.25, 0.3) is 0 Å². The Morgan fingerprint density at radius 2 is 2.30 bits per heavy atom. The Balaban J connectivity index is 1.45. The molecule has 0 aliphatic carbocycles. The first kappa shape index (κ1) is 14.6. The van der Waals surface area contributed by atoms with Crippen molar-refractivity contribution in [1.29, 1.82) is 0 Å². The van der Waals surface area contributed by atoms with E-state index in [2.05, 4.69) is 9.55 Å². The van der Waals surface area contributed by atoms with Crippen LogP contribution in [0.4, 0.5) is 0 Å². The zero-order chi connectivity index (χ0) is 15.8. The van der Waals surface area contributed by atoms with Gasteiger partial charge >= 0.3 is 0 Å². The number of ether oxygens (including phenoxy) is 1. The maximum Gasteiger partial charge on any atom is 0.264 e. The number of fused-ring (bicyclic) bond motifs is 1. The number of nitrogens with zero attached hydrogens (tertiary/aromatic N) is 3. The molecule has 0 unspecified atom stereocenters. The summed E-state index contributed by atoms with van der Waals surface area (Å²) in [6.45, 7) is 1.51. The molecule has 2 aliphatic heterocycles. The zero-order valence-corrected chi connectivity index (χ0v) is 13.4. The number of carbonyl (C=O) groups is 1. The maximum absolute atomic E-state index is 12.8. The fourth-order valence-corrected chi connectivity index (χ4v) is 3.64. The minimum absolute atomic E-state index is 0.0714. The summed E-state index contributed by atoms with van der Waals surface area (Å²) in [5.41, 5.74) is 1.01. The number of carbonyl (C=O) groups excluding carboxylic acids is 1. The van der Waals surface area contributed by atoms with Crippen LogP contribution < -0.4 is 4.74 Å². The smallest absolute Gasteiger partial charge is 0.264 e. The maximum atomic E-state index is 12.8. The van der Waals surface area contributed by atoms with Crippen molar-refractivity contribution < 1.29 is 9.53 Å². The van der Waals surface area contributed by atoms with Gasteiger partial charge in [0.15, 0.2) is 6.10 Å². The Morgan fingerprint density at radius 1 is 1.39 bits per heavy atom. The van der Waals surface area contributed by atoms with Crippen molar-refractivity contribution in [1.82, 2.24) is 14.5 Å². The third-order valence-corrected chi connectivity index (χ3v) is 4.86. The highest BCUT2D eigenvalue weighted by molar-refractivity contribution is 6.30. The lowest BCUT2D eigenvalue weighted by molar-refractivity contribution is -0.139. The molecule has 4 rings (SSSR count). The predicted molar refractivity (Wildman–Crippen MR) is 86.7 cm³/mol. The van der Waals surface area contributed by atoms with E-state index in [1.54, 1.807) is 12.3 Å². The van der Waals surface area contributed by atoms with E-state index in [-0.39, 0.29) is 5.91 Å². The number of hydrogen-bond donors (Lipinski definition) is 0. The first-order chi connectivity index (χ1) is 11.2. The van der Waals surface area contributed by atoms with Crippen molar-refractivity contribution >= 4 is 17.5 Å². The summed E-state index contributed by atoms with van der Waals surface area (Å²) in [5.74, 6) is 0.845. The van der Waals surface area contributed by atoms with E-state index in [0.717, 1.165) is 30.7 Å². The number of likely N-dealkylation sites (tertiary alicyclic amines) is 1. The van der Waals surface area contributed by atoms with Crippen molar-refractivity contribution in [3.63, 3.8) is 0 Å². The Morgan fingerprint density at radius 3 is 3.13 bits per heavy atom. The summed E-state index contributed by atoms with van der Waals surface area (Å²) in [6.07, 6.45) is 7.81. The van der Waals surface area contributed by atoms with E-state index < -0.39 is 6.10 Å². The van der Waals surface area contributed by atoms with Crippen molar-refractivity contribution in [2.24, 2.45) is 0 Å². The highest BCUT2D eigenvalue weighted by atomic mass is 35.5. The molecule has 0 spiro atoms. The van der Waals surface area contributed by atoms with E-state index in [4.69, 9.17) is 16.3 Å². The molecule has 1 fully saturated rings. The van der Waals surface area contributed by atoms with E-state index >= 15 is 0 Å². The lowest BCUT2D eigenvalue weighted by atomic mass is 10.0. The summed E-state index contributed by atoms with van der Waals surface area (Å²) in [5, 5.41) is 0.679. The molecule has 1 aromatic carbocycles. The molecule has 3 heterocycles. The summed E-state index contributed by atoms with van der Waals surface area (Å²) in [4.78, 5) is 18.8. The van der Waals surface area contributed by atoms with Gasteiger partial charge in [-0.25, -0.2) is 4.98 Å². The highest BCUT2D eigenvalue weighted by Gasteiger charge is 2.34. The number of piperidine rings is 1. The first-order valence-corrected chi connectivity index (χ1v) is 8.30. The molecule has 5 nitrogen and oxygen atoms in total. The summed E-state index contributed by atoms with van der Waals surface area (Å²) < 4.78 is 7.92. The second-order valence-corrected chi connectivity index (χ2v) is 6.59. The number of aromatic nitrogens is 2. The van der Waals surface area contributed by atoms with Crippen molar-refractivity contribution in [2.45, 2.75) is 31.4 Å². The van der Waals surface area contributed by atoms with Crippen LogP contribution >= 0.6 is 11.6 Å². The van der Waals surface area contributed by atoms with Crippen LogP contribution in [-0.4, -0.2) is 39.6 Å². The van der Waals surface area contributed by atoms with Crippen LogP contribution in [-0.2, 0) is 11.2 Å². The Hall–Kier alpha value is -2.01. The zero-order valence-electron chi connectivity index (χ0n) is 12.7. The fraction of sp³-hybridized carbons (Fsp3) is 0.412. The largest absolute Gasteiger partial charge is 0.480 e. The van der Waals surface area contributed by atoms with Gasteiger partial charge in [0.25, 0.3) is 5.91 Å². The minimum atomic E-state index is -0.426. The molecule has 0 radical (unpaired) electrons. The van der Waals surface area contributed by atoms with E-state index in [1.165, 1.54) is 0 Å². The van der Waals surface area contributed by atoms with E-state index in [1.807, 2.05) is 29.6 Å². The van der Waals surface area contributed by atoms with Gasteiger partial charge in [0.1, 0.15) is 5.75 Å². The molecular formula is C17H18ClN3O2. The van der Waals surface area contributed by atoms with Gasteiger partial charge in [-0.15, -0.1) is 0 Å². The quantitative estimate of drug-likeness (QED) is 0.850. The second-order valence-electron chi connectivity index (χ2n) is 6.15. The van der Waals surface area contributed by atoms with Crippen LogP contribution in [0.1, 0.15) is 24.4 Å². The third kappa shape index (κ3) is 2.81. The number of amides is 1. The molecular weight excluding hydrogens is 314 g/mol. The summed E-state index contributed by atoms with van der Waals surface area (Å²) in [7, 11) is 0. The molecule has 6 heteroatoms. The average molecular weight is 332 g/mol. The predicted octanol–water partition coefficient (Wildman–Crippen LogP) is 2.70. The van der Waals surface area contributed by atoms with E-state index in [0.29, 0.717) is 24.0 Å². The third-order valence-electron chi connectivity index (χ3n) is 4.63. The number of benzene rings is 1. The minimum Gasteiger partial charge on any atom is -0.480 e. The van der Waals surface area contributed by atoms with Gasteiger partial charge in [0.05, 0.1) is 12.4 Å². The first-order valence-electron chi connectivity index (χ1n) is 7.92. The molecule has 2 aromatic rings. The molecule has 0 N–H and O–H groups in total. The van der Waals surface area contributed by atoms with Crippen LogP contribution in [0.15, 0.2) is 36.9 Å². The van der Waals surface area contributed by atoms with Crippen molar-refractivity contribution in [3.8, 4) is 5.75 Å². The van der Waals surface area contributed by atoms with Gasteiger partial charge in [0.2, 0.25) is 0 Å². The molecule has 1 saturated heterocycles. The fourth-order valence-electron chi connectivity index (χ4n) is 3.44. The molecule has 2 atom stereocenters. The molecule has 1 aromatic heterocycles. The lowest BCUT2D eigenvalue weighted by Crippen LogP contribution is -2.46. The standard InChI is InChI=1S/C17H18ClN3O2/c18-13-3-4-15-12(8-13)9-16(23-15)17(22)20-6-1-2-14(10-20)21-7-5-19-11-21/h3-5,7-8,11,14,16H,1-2,6,9-10H2/t14-,16+/m0/s1. The number of hydrogen-bond acceptors (Lipinski definition) is 3. The normalized spacial score (nSPS) is 23.4. The molecule has 23 heavy (non-hydrogen) atoms. The lowest BCUT2D eigenvalue weighted by Gasteiger charge is -2.34. The summed E-state index contributed by atoms with van der Waals surface area (Å²) >= 11 is 6.02. The molecule has 0 saturated carbocycles. The Labute approximate surface area is 139 Å².